The number of aliphatic carboxylic acids is 2. The van der Waals surface area contributed by atoms with Crippen LogP contribution in [0.1, 0.15) is 25.7 Å². The smallest absolute Gasteiger partial charge is 0.323 e. The van der Waals surface area contributed by atoms with Gasteiger partial charge in [-0.1, -0.05) is 0 Å². The van der Waals surface area contributed by atoms with E-state index in [1.807, 2.05) is 0 Å². The average molecular weight is 290 g/mol. The second-order valence-electron chi connectivity index (χ2n) is 5.01. The molecule has 2 rings (SSSR count). The summed E-state index contributed by atoms with van der Waals surface area (Å²) in [5, 5.41) is 40.5. The summed E-state index contributed by atoms with van der Waals surface area (Å²) in [5.41, 5.74) is 0. The van der Waals surface area contributed by atoms with E-state index in [4.69, 9.17) is 20.4 Å². The van der Waals surface area contributed by atoms with Crippen LogP contribution in [-0.2, 0) is 9.59 Å². The van der Waals surface area contributed by atoms with Crippen molar-refractivity contribution in [3.05, 3.63) is 0 Å². The lowest BCUT2D eigenvalue weighted by atomic mass is 10.0. The summed E-state index contributed by atoms with van der Waals surface area (Å²) in [6, 6.07) is -1.21. The molecule has 4 atom stereocenters. The highest BCUT2D eigenvalue weighted by Crippen LogP contribution is 2.08. The van der Waals surface area contributed by atoms with Gasteiger partial charge in [0.15, 0.2) is 0 Å². The second kappa shape index (κ2) is 8.15. The van der Waals surface area contributed by atoms with Crippen molar-refractivity contribution in [1.82, 2.24) is 10.6 Å². The molecule has 2 aliphatic heterocycles. The minimum Gasteiger partial charge on any atom is -0.480 e. The van der Waals surface area contributed by atoms with Gasteiger partial charge in [-0.25, -0.2) is 0 Å². The fourth-order valence-corrected chi connectivity index (χ4v) is 2.18. The van der Waals surface area contributed by atoms with Crippen LogP contribution < -0.4 is 10.6 Å². The van der Waals surface area contributed by atoms with Gasteiger partial charge in [-0.3, -0.25) is 9.59 Å². The van der Waals surface area contributed by atoms with Crippen LogP contribution in [0.3, 0.4) is 0 Å². The summed E-state index contributed by atoms with van der Waals surface area (Å²) >= 11 is 0. The maximum atomic E-state index is 10.3. The minimum absolute atomic E-state index is 0.365. The molecule has 8 heteroatoms. The van der Waals surface area contributed by atoms with E-state index in [-0.39, 0.29) is 6.10 Å². The predicted molar refractivity (Wildman–Crippen MR) is 69.3 cm³/mol. The van der Waals surface area contributed by atoms with Crippen molar-refractivity contribution in [1.29, 1.82) is 0 Å². The van der Waals surface area contributed by atoms with Gasteiger partial charge in [-0.2, -0.15) is 0 Å². The van der Waals surface area contributed by atoms with Gasteiger partial charge in [0.25, 0.3) is 0 Å². The van der Waals surface area contributed by atoms with Gasteiger partial charge < -0.3 is 31.1 Å². The quantitative estimate of drug-likeness (QED) is 0.356. The van der Waals surface area contributed by atoms with Crippen molar-refractivity contribution in [3.8, 4) is 0 Å². The number of β-amino-alcohol motifs (C(OH)–C–C–N with tert-alkyl or cyclic N) is 1. The van der Waals surface area contributed by atoms with E-state index in [9.17, 15) is 9.59 Å². The van der Waals surface area contributed by atoms with E-state index < -0.39 is 30.1 Å². The molecule has 0 amide bonds. The predicted octanol–water partition coefficient (Wildman–Crippen LogP) is -1.63. The van der Waals surface area contributed by atoms with Crippen molar-refractivity contribution in [2.45, 2.75) is 50.0 Å². The first-order valence-electron chi connectivity index (χ1n) is 6.70. The van der Waals surface area contributed by atoms with Crippen molar-refractivity contribution >= 4 is 11.9 Å². The summed E-state index contributed by atoms with van der Waals surface area (Å²) in [6.45, 7) is 1.09. The Morgan fingerprint density at radius 2 is 1.65 bits per heavy atom. The Kier molecular flexibility index (Phi) is 6.86. The highest BCUT2D eigenvalue weighted by molar-refractivity contribution is 5.74. The molecule has 0 aromatic heterocycles. The third-order valence-corrected chi connectivity index (χ3v) is 3.38. The normalized spacial score (nSPS) is 33.7. The topological polar surface area (TPSA) is 139 Å². The van der Waals surface area contributed by atoms with Gasteiger partial charge in [0.05, 0.1) is 12.2 Å². The highest BCUT2D eigenvalue weighted by Gasteiger charge is 2.28. The number of nitrogens with one attached hydrogen (secondary N) is 2. The number of carboxylic acid groups (broad SMARTS) is 2. The molecule has 2 fully saturated rings. The van der Waals surface area contributed by atoms with Gasteiger partial charge in [-0.05, 0) is 32.2 Å². The van der Waals surface area contributed by atoms with Crippen LogP contribution in [0.15, 0.2) is 0 Å². The molecule has 2 aliphatic rings. The first-order valence-corrected chi connectivity index (χ1v) is 6.70. The van der Waals surface area contributed by atoms with E-state index in [1.165, 1.54) is 0 Å². The molecule has 0 saturated carbocycles. The second-order valence-corrected chi connectivity index (χ2v) is 5.01. The van der Waals surface area contributed by atoms with Crippen molar-refractivity contribution in [2.75, 3.05) is 13.1 Å². The number of carbonyl (C=O) groups is 2. The Labute approximate surface area is 116 Å². The number of aliphatic hydroxyl groups is 2. The zero-order chi connectivity index (χ0) is 15.1. The van der Waals surface area contributed by atoms with E-state index in [2.05, 4.69) is 10.6 Å². The fourth-order valence-electron chi connectivity index (χ4n) is 2.18. The van der Waals surface area contributed by atoms with E-state index in [0.29, 0.717) is 32.4 Å². The van der Waals surface area contributed by atoms with Gasteiger partial charge in [0.1, 0.15) is 12.1 Å². The van der Waals surface area contributed by atoms with Crippen molar-refractivity contribution < 1.29 is 30.0 Å². The first-order chi connectivity index (χ1) is 9.41. The zero-order valence-corrected chi connectivity index (χ0v) is 11.2. The molecule has 2 heterocycles. The summed E-state index contributed by atoms with van der Waals surface area (Å²) in [5.74, 6) is -1.79. The Balaban J connectivity index is 0.000000200. The Morgan fingerprint density at radius 3 is 2.05 bits per heavy atom. The maximum absolute atomic E-state index is 10.3. The van der Waals surface area contributed by atoms with Crippen molar-refractivity contribution in [2.24, 2.45) is 0 Å². The van der Waals surface area contributed by atoms with Crippen LogP contribution in [0.2, 0.25) is 0 Å². The molecule has 0 aromatic rings. The van der Waals surface area contributed by atoms with Crippen LogP contribution in [0.4, 0.5) is 0 Å². The lowest BCUT2D eigenvalue weighted by Crippen LogP contribution is -2.49. The lowest BCUT2D eigenvalue weighted by molar-refractivity contribution is -0.143. The fraction of sp³-hybridized carbons (Fsp3) is 0.833. The summed E-state index contributed by atoms with van der Waals surface area (Å²) in [4.78, 5) is 20.7. The largest absolute Gasteiger partial charge is 0.480 e. The molecule has 6 N–H and O–H groups in total. The number of rotatable bonds is 2. The molecule has 0 radical (unpaired) electrons. The van der Waals surface area contributed by atoms with Crippen LogP contribution in [0, 0.1) is 0 Å². The Bertz CT molecular complexity index is 330. The average Bonchev–Trinajstić information content (AvgIpc) is 2.40. The van der Waals surface area contributed by atoms with Gasteiger partial charge >= 0.3 is 11.9 Å². The van der Waals surface area contributed by atoms with Crippen molar-refractivity contribution in [3.63, 3.8) is 0 Å². The Hall–Kier alpha value is -1.22. The minimum atomic E-state index is -0.966. The van der Waals surface area contributed by atoms with Gasteiger partial charge in [0, 0.05) is 6.54 Å². The molecule has 8 nitrogen and oxygen atoms in total. The number of hydrogen-bond donors (Lipinski definition) is 6. The molecular weight excluding hydrogens is 268 g/mol. The number of hydrogen-bond acceptors (Lipinski definition) is 6. The summed E-state index contributed by atoms with van der Waals surface area (Å²) in [6.07, 6.45) is 1.47. The van der Waals surface area contributed by atoms with Crippen LogP contribution in [0.25, 0.3) is 0 Å². The standard InChI is InChI=1S/2C6H11NO3/c8-4-1-2-5(6(9)10)7-3-4;8-4-2-1-3-7-5(4)6(9)10/h2*4-5,7-8H,1-3H2,(H,9,10)/t4-,5-;4-,5+/m01/s1. The number of carboxylic acids is 2. The third kappa shape index (κ3) is 5.41. The first kappa shape index (κ1) is 16.8. The molecular formula is C12H22N2O6. The lowest BCUT2D eigenvalue weighted by Gasteiger charge is -2.24. The summed E-state index contributed by atoms with van der Waals surface area (Å²) < 4.78 is 0. The number of piperidine rings is 2. The number of aliphatic hydroxyl groups excluding tert-OH is 2. The van der Waals surface area contributed by atoms with Crippen LogP contribution >= 0.6 is 0 Å². The van der Waals surface area contributed by atoms with Crippen LogP contribution in [0.5, 0.6) is 0 Å². The van der Waals surface area contributed by atoms with Gasteiger partial charge in [0.2, 0.25) is 0 Å². The highest BCUT2D eigenvalue weighted by atomic mass is 16.4. The SMILES string of the molecule is O=C(O)[C@@H]1CC[C@H](O)CN1.O=C(O)[C@H]1NCCC[C@H]1O. The molecule has 0 aromatic carbocycles. The molecule has 2 saturated heterocycles. The van der Waals surface area contributed by atoms with Crippen LogP contribution in [-0.4, -0.2) is 69.7 Å². The molecule has 0 spiro atoms. The van der Waals surface area contributed by atoms with E-state index in [1.54, 1.807) is 0 Å². The third-order valence-electron chi connectivity index (χ3n) is 3.38. The molecule has 0 bridgehead atoms. The van der Waals surface area contributed by atoms with E-state index in [0.717, 1.165) is 6.42 Å². The summed E-state index contributed by atoms with van der Waals surface area (Å²) in [7, 11) is 0. The molecule has 0 aliphatic carbocycles. The Morgan fingerprint density at radius 1 is 0.950 bits per heavy atom. The molecule has 0 unspecified atom stereocenters. The molecule has 116 valence electrons. The van der Waals surface area contributed by atoms with E-state index >= 15 is 0 Å². The monoisotopic (exact) mass is 290 g/mol. The molecule has 20 heavy (non-hydrogen) atoms. The van der Waals surface area contributed by atoms with Gasteiger partial charge in [-0.15, -0.1) is 0 Å². The maximum Gasteiger partial charge on any atom is 0.323 e. The zero-order valence-electron chi connectivity index (χ0n) is 11.2.